The molecular formula is C15H20N2O3. The van der Waals surface area contributed by atoms with Gasteiger partial charge in [-0.05, 0) is 11.6 Å². The van der Waals surface area contributed by atoms with Crippen LogP contribution in [0.1, 0.15) is 18.4 Å². The van der Waals surface area contributed by atoms with Gasteiger partial charge in [0.25, 0.3) is 0 Å². The molecule has 108 valence electrons. The number of piperidine rings is 1. The van der Waals surface area contributed by atoms with Gasteiger partial charge >= 0.3 is 0 Å². The smallest absolute Gasteiger partial charge is 0.227 e. The van der Waals surface area contributed by atoms with Crippen molar-refractivity contribution in [2.75, 3.05) is 32.0 Å². The van der Waals surface area contributed by atoms with Gasteiger partial charge in [0.05, 0.1) is 19.6 Å². The minimum Gasteiger partial charge on any atom is -0.398 e. The van der Waals surface area contributed by atoms with Crippen LogP contribution in [0, 0.1) is 0 Å². The lowest BCUT2D eigenvalue weighted by Crippen LogP contribution is -2.47. The van der Waals surface area contributed by atoms with Crippen LogP contribution in [-0.4, -0.2) is 42.9 Å². The molecule has 1 aromatic carbocycles. The van der Waals surface area contributed by atoms with E-state index in [9.17, 15) is 4.79 Å². The first-order valence-corrected chi connectivity index (χ1v) is 7.08. The molecular weight excluding hydrogens is 256 g/mol. The number of amides is 1. The summed E-state index contributed by atoms with van der Waals surface area (Å²) in [5.41, 5.74) is 7.45. The third-order valence-corrected chi connectivity index (χ3v) is 4.09. The number of carbonyl (C=O) groups is 1. The minimum absolute atomic E-state index is 0.121. The number of carbonyl (C=O) groups excluding carboxylic acids is 1. The van der Waals surface area contributed by atoms with Crippen molar-refractivity contribution in [2.24, 2.45) is 0 Å². The van der Waals surface area contributed by atoms with E-state index in [0.717, 1.165) is 18.4 Å². The van der Waals surface area contributed by atoms with Crippen molar-refractivity contribution < 1.29 is 14.3 Å². The highest BCUT2D eigenvalue weighted by Gasteiger charge is 2.40. The fraction of sp³-hybridized carbons (Fsp3) is 0.533. The first-order chi connectivity index (χ1) is 9.69. The molecule has 2 aliphatic rings. The van der Waals surface area contributed by atoms with Crippen molar-refractivity contribution in [3.8, 4) is 0 Å². The predicted molar refractivity (Wildman–Crippen MR) is 75.0 cm³/mol. The second-order valence-corrected chi connectivity index (χ2v) is 5.36. The summed E-state index contributed by atoms with van der Waals surface area (Å²) in [6.45, 7) is 2.69. The highest BCUT2D eigenvalue weighted by atomic mass is 16.7. The summed E-state index contributed by atoms with van der Waals surface area (Å²) in [6.07, 6.45) is 1.87. The summed E-state index contributed by atoms with van der Waals surface area (Å²) in [5.74, 6) is -0.307. The Labute approximate surface area is 118 Å². The second kappa shape index (κ2) is 5.42. The normalized spacial score (nSPS) is 21.3. The molecule has 2 N–H and O–H groups in total. The Bertz CT molecular complexity index is 488. The van der Waals surface area contributed by atoms with E-state index in [4.69, 9.17) is 15.2 Å². The van der Waals surface area contributed by atoms with Gasteiger partial charge in [-0.3, -0.25) is 4.79 Å². The maximum absolute atomic E-state index is 12.3. The van der Waals surface area contributed by atoms with Gasteiger partial charge in [-0.2, -0.15) is 0 Å². The zero-order chi connectivity index (χ0) is 14.0. The molecule has 0 aliphatic carbocycles. The summed E-state index contributed by atoms with van der Waals surface area (Å²) in [7, 11) is 0. The topological polar surface area (TPSA) is 64.8 Å². The molecule has 5 heteroatoms. The number of nitrogens with zero attached hydrogens (tertiary/aromatic N) is 1. The van der Waals surface area contributed by atoms with Gasteiger partial charge in [0.2, 0.25) is 5.91 Å². The molecule has 2 saturated heterocycles. The number of rotatable bonds is 2. The molecule has 1 spiro atoms. The number of hydrogen-bond donors (Lipinski definition) is 1. The van der Waals surface area contributed by atoms with Crippen LogP contribution < -0.4 is 5.73 Å². The molecule has 0 radical (unpaired) electrons. The second-order valence-electron chi connectivity index (χ2n) is 5.36. The molecule has 5 nitrogen and oxygen atoms in total. The average Bonchev–Trinajstić information content (AvgIpc) is 2.90. The first kappa shape index (κ1) is 13.4. The molecule has 2 aliphatic heterocycles. The van der Waals surface area contributed by atoms with Crippen LogP contribution in [0.5, 0.6) is 0 Å². The number of nitrogens with two attached hydrogens (primary N) is 1. The standard InChI is InChI=1S/C15H20N2O3/c16-13-4-2-1-3-12(13)11-14(18)17-7-5-15(6-8-17)19-9-10-20-15/h1-4H,5-11,16H2. The third-order valence-electron chi connectivity index (χ3n) is 4.09. The van der Waals surface area contributed by atoms with E-state index in [1.807, 2.05) is 29.2 Å². The maximum atomic E-state index is 12.3. The number of anilines is 1. The summed E-state index contributed by atoms with van der Waals surface area (Å²) < 4.78 is 11.3. The number of hydrogen-bond acceptors (Lipinski definition) is 4. The summed E-state index contributed by atoms with van der Waals surface area (Å²) in [6, 6.07) is 7.52. The number of likely N-dealkylation sites (tertiary alicyclic amines) is 1. The highest BCUT2D eigenvalue weighted by Crippen LogP contribution is 2.31. The Morgan fingerprint density at radius 1 is 1.20 bits per heavy atom. The summed E-state index contributed by atoms with van der Waals surface area (Å²) in [4.78, 5) is 14.2. The molecule has 0 unspecified atom stereocenters. The molecule has 3 rings (SSSR count). The lowest BCUT2D eigenvalue weighted by atomic mass is 10.0. The summed E-state index contributed by atoms with van der Waals surface area (Å²) in [5, 5.41) is 0. The van der Waals surface area contributed by atoms with Gasteiger partial charge in [0.1, 0.15) is 0 Å². The van der Waals surface area contributed by atoms with Crippen LogP contribution in [0.4, 0.5) is 5.69 Å². The van der Waals surface area contributed by atoms with Crippen molar-refractivity contribution in [3.05, 3.63) is 29.8 Å². The van der Waals surface area contributed by atoms with Crippen LogP contribution in [-0.2, 0) is 20.7 Å². The highest BCUT2D eigenvalue weighted by molar-refractivity contribution is 5.80. The van der Waals surface area contributed by atoms with Gasteiger partial charge in [0, 0.05) is 31.6 Å². The molecule has 0 saturated carbocycles. The molecule has 2 heterocycles. The van der Waals surface area contributed by atoms with Crippen LogP contribution >= 0.6 is 0 Å². The largest absolute Gasteiger partial charge is 0.398 e. The van der Waals surface area contributed by atoms with Crippen LogP contribution in [0.3, 0.4) is 0 Å². The van der Waals surface area contributed by atoms with Crippen molar-refractivity contribution >= 4 is 11.6 Å². The summed E-state index contributed by atoms with van der Waals surface area (Å²) >= 11 is 0. The van der Waals surface area contributed by atoms with Crippen molar-refractivity contribution in [1.29, 1.82) is 0 Å². The van der Waals surface area contributed by atoms with Crippen LogP contribution in [0.2, 0.25) is 0 Å². The third kappa shape index (κ3) is 2.64. The van der Waals surface area contributed by atoms with Gasteiger partial charge in [-0.1, -0.05) is 18.2 Å². The predicted octanol–water partition coefficient (Wildman–Crippen LogP) is 1.18. The molecule has 0 atom stereocenters. The Kier molecular flexibility index (Phi) is 3.63. The van der Waals surface area contributed by atoms with Gasteiger partial charge in [-0.15, -0.1) is 0 Å². The monoisotopic (exact) mass is 276 g/mol. The van der Waals surface area contributed by atoms with Crippen LogP contribution in [0.25, 0.3) is 0 Å². The zero-order valence-electron chi connectivity index (χ0n) is 11.5. The van der Waals surface area contributed by atoms with E-state index in [-0.39, 0.29) is 5.91 Å². The Morgan fingerprint density at radius 2 is 1.85 bits per heavy atom. The van der Waals surface area contributed by atoms with E-state index >= 15 is 0 Å². The molecule has 1 amide bonds. The maximum Gasteiger partial charge on any atom is 0.227 e. The lowest BCUT2D eigenvalue weighted by Gasteiger charge is -2.37. The van der Waals surface area contributed by atoms with E-state index < -0.39 is 5.79 Å². The van der Waals surface area contributed by atoms with Crippen molar-refractivity contribution in [1.82, 2.24) is 4.90 Å². The SMILES string of the molecule is Nc1ccccc1CC(=O)N1CCC2(CC1)OCCO2. The van der Waals surface area contributed by atoms with E-state index in [0.29, 0.717) is 38.4 Å². The van der Waals surface area contributed by atoms with Crippen molar-refractivity contribution in [2.45, 2.75) is 25.0 Å². The Balaban J connectivity index is 1.58. The molecule has 2 fully saturated rings. The Morgan fingerprint density at radius 3 is 2.50 bits per heavy atom. The zero-order valence-corrected chi connectivity index (χ0v) is 11.5. The Hall–Kier alpha value is -1.59. The fourth-order valence-electron chi connectivity index (χ4n) is 2.85. The minimum atomic E-state index is -0.428. The molecule has 0 aromatic heterocycles. The van der Waals surface area contributed by atoms with Crippen molar-refractivity contribution in [3.63, 3.8) is 0 Å². The van der Waals surface area contributed by atoms with Gasteiger partial charge in [-0.25, -0.2) is 0 Å². The average molecular weight is 276 g/mol. The first-order valence-electron chi connectivity index (χ1n) is 7.08. The van der Waals surface area contributed by atoms with E-state index in [1.54, 1.807) is 0 Å². The van der Waals surface area contributed by atoms with Gasteiger partial charge < -0.3 is 20.1 Å². The number of para-hydroxylation sites is 1. The number of nitrogen functional groups attached to an aromatic ring is 1. The molecule has 0 bridgehead atoms. The van der Waals surface area contributed by atoms with Crippen LogP contribution in [0.15, 0.2) is 24.3 Å². The molecule has 1 aromatic rings. The van der Waals surface area contributed by atoms with Gasteiger partial charge in [0.15, 0.2) is 5.79 Å². The number of benzene rings is 1. The fourth-order valence-corrected chi connectivity index (χ4v) is 2.85. The lowest BCUT2D eigenvalue weighted by molar-refractivity contribution is -0.187. The molecule has 20 heavy (non-hydrogen) atoms. The number of ether oxygens (including phenoxy) is 2. The van der Waals surface area contributed by atoms with E-state index in [2.05, 4.69) is 0 Å². The quantitative estimate of drug-likeness (QED) is 0.824. The van der Waals surface area contributed by atoms with E-state index in [1.165, 1.54) is 0 Å².